The SMILES string of the molecule is CCC(C)C(C(CC(=O)N1CCC[C@H]1C(OC)C(C)C(=O)NC(Cc1ccccc1)C(=O)N(C)CCNC)OC)N(C)C(=O)C(N=C(N(C)C)N(C)C)C(C)C. The van der Waals surface area contributed by atoms with Crippen molar-refractivity contribution < 1.29 is 28.7 Å². The summed E-state index contributed by atoms with van der Waals surface area (Å²) in [4.78, 5) is 70.0. The minimum absolute atomic E-state index is 0.0225. The maximum atomic E-state index is 14.3. The number of carbonyl (C=O) groups excluding carboxylic acids is 4. The van der Waals surface area contributed by atoms with Crippen molar-refractivity contribution in [1.82, 2.24) is 35.1 Å². The topological polar surface area (TPSA) is 139 Å². The minimum atomic E-state index is -0.772. The lowest BCUT2D eigenvalue weighted by atomic mass is 9.89. The highest BCUT2D eigenvalue weighted by Gasteiger charge is 2.43. The number of hydrogen-bond donors (Lipinski definition) is 2. The number of nitrogens with one attached hydrogen (secondary N) is 2. The average Bonchev–Trinajstić information content (AvgIpc) is 3.65. The van der Waals surface area contributed by atoms with Crippen LogP contribution in [-0.4, -0.2) is 174 Å². The molecule has 0 saturated carbocycles. The molecule has 1 heterocycles. The molecule has 1 aromatic rings. The summed E-state index contributed by atoms with van der Waals surface area (Å²) < 4.78 is 12.1. The molecule has 1 aliphatic rings. The van der Waals surface area contributed by atoms with E-state index in [4.69, 9.17) is 14.5 Å². The van der Waals surface area contributed by atoms with Gasteiger partial charge in [-0.3, -0.25) is 19.2 Å². The fraction of sp³-hybridized carbons (Fsp3) is 0.738. The van der Waals surface area contributed by atoms with Gasteiger partial charge in [-0.2, -0.15) is 0 Å². The van der Waals surface area contributed by atoms with Crippen LogP contribution in [0.15, 0.2) is 35.3 Å². The van der Waals surface area contributed by atoms with Crippen molar-refractivity contribution in [3.63, 3.8) is 0 Å². The third-order valence-electron chi connectivity index (χ3n) is 11.2. The van der Waals surface area contributed by atoms with Gasteiger partial charge in [-0.15, -0.1) is 0 Å². The number of nitrogens with zero attached hydrogens (tertiary/aromatic N) is 6. The van der Waals surface area contributed by atoms with Crippen molar-refractivity contribution >= 4 is 29.6 Å². The van der Waals surface area contributed by atoms with E-state index in [0.717, 1.165) is 18.4 Å². The summed E-state index contributed by atoms with van der Waals surface area (Å²) in [5.74, 6) is -0.753. The zero-order valence-electron chi connectivity index (χ0n) is 36.9. The molecule has 0 aromatic heterocycles. The summed E-state index contributed by atoms with van der Waals surface area (Å²) in [6.45, 7) is 11.6. The molecule has 1 saturated heterocycles. The number of guanidine groups is 1. The lowest BCUT2D eigenvalue weighted by Gasteiger charge is -2.40. The predicted molar refractivity (Wildman–Crippen MR) is 223 cm³/mol. The lowest BCUT2D eigenvalue weighted by Crippen LogP contribution is -2.56. The largest absolute Gasteiger partial charge is 0.379 e. The van der Waals surface area contributed by atoms with Crippen LogP contribution in [-0.2, 0) is 35.1 Å². The summed E-state index contributed by atoms with van der Waals surface area (Å²) in [5.41, 5.74) is 0.937. The molecule has 0 spiro atoms. The molecular formula is C42H74N8O6. The second kappa shape index (κ2) is 23.5. The number of hydrogen-bond acceptors (Lipinski definition) is 8. The average molecular weight is 787 g/mol. The van der Waals surface area contributed by atoms with Crippen molar-refractivity contribution in [2.75, 3.05) is 83.2 Å². The van der Waals surface area contributed by atoms with Crippen molar-refractivity contribution in [1.29, 1.82) is 0 Å². The number of likely N-dealkylation sites (tertiary alicyclic amines) is 1. The molecule has 8 atom stereocenters. The molecule has 0 aliphatic carbocycles. The first-order valence-corrected chi connectivity index (χ1v) is 20.2. The fourth-order valence-electron chi connectivity index (χ4n) is 7.77. The van der Waals surface area contributed by atoms with Gasteiger partial charge in [-0.1, -0.05) is 71.4 Å². The Bertz CT molecular complexity index is 1400. The van der Waals surface area contributed by atoms with Gasteiger partial charge in [0.2, 0.25) is 23.6 Å². The Morgan fingerprint density at radius 1 is 0.929 bits per heavy atom. The van der Waals surface area contributed by atoms with Crippen LogP contribution >= 0.6 is 0 Å². The third-order valence-corrected chi connectivity index (χ3v) is 11.2. The molecule has 7 unspecified atom stereocenters. The van der Waals surface area contributed by atoms with E-state index in [0.29, 0.717) is 38.4 Å². The van der Waals surface area contributed by atoms with Crippen molar-refractivity contribution in [2.24, 2.45) is 22.7 Å². The lowest BCUT2D eigenvalue weighted by molar-refractivity contribution is -0.147. The Morgan fingerprint density at radius 2 is 1.55 bits per heavy atom. The Kier molecular flexibility index (Phi) is 20.3. The highest BCUT2D eigenvalue weighted by molar-refractivity contribution is 5.89. The second-order valence-corrected chi connectivity index (χ2v) is 16.1. The summed E-state index contributed by atoms with van der Waals surface area (Å²) in [6.07, 6.45) is 1.40. The quantitative estimate of drug-likeness (QED) is 0.142. The van der Waals surface area contributed by atoms with E-state index in [1.807, 2.05) is 94.1 Å². The monoisotopic (exact) mass is 787 g/mol. The normalized spacial score (nSPS) is 17.9. The van der Waals surface area contributed by atoms with Crippen LogP contribution in [0.5, 0.6) is 0 Å². The molecule has 2 N–H and O–H groups in total. The van der Waals surface area contributed by atoms with E-state index >= 15 is 0 Å². The zero-order valence-corrected chi connectivity index (χ0v) is 36.9. The van der Waals surface area contributed by atoms with Gasteiger partial charge < -0.3 is 44.6 Å². The standard InChI is InChI=1S/C42H74N8O6/c1-15-29(4)37(49(12)41(54)36(28(2)3)45-42(46(7)8)47(9)10)34(55-13)27-35(51)50-24-19-22-33(50)38(56-14)30(5)39(52)44-32(26-31-20-17-16-18-21-31)40(53)48(11)25-23-43-6/h16-18,20-21,28-30,32-34,36-38,43H,15,19,22-27H2,1-14H3,(H,44,52)/t29?,30?,32?,33-,34?,36?,37?,38?/m0/s1. The van der Waals surface area contributed by atoms with E-state index in [-0.39, 0.29) is 47.9 Å². The molecule has 14 nitrogen and oxygen atoms in total. The summed E-state index contributed by atoms with van der Waals surface area (Å²) in [7, 11) is 16.1. The van der Waals surface area contributed by atoms with Gasteiger partial charge >= 0.3 is 0 Å². The van der Waals surface area contributed by atoms with E-state index in [1.165, 1.54) is 0 Å². The highest BCUT2D eigenvalue weighted by atomic mass is 16.5. The Morgan fingerprint density at radius 3 is 2.07 bits per heavy atom. The van der Waals surface area contributed by atoms with E-state index in [1.54, 1.807) is 45.0 Å². The first-order valence-electron chi connectivity index (χ1n) is 20.2. The second-order valence-electron chi connectivity index (χ2n) is 16.1. The van der Waals surface area contributed by atoms with Crippen LogP contribution in [0.3, 0.4) is 0 Å². The summed E-state index contributed by atoms with van der Waals surface area (Å²) >= 11 is 0. The highest BCUT2D eigenvalue weighted by Crippen LogP contribution is 2.30. The van der Waals surface area contributed by atoms with Crippen LogP contribution in [0.1, 0.15) is 65.9 Å². The van der Waals surface area contributed by atoms with Crippen LogP contribution in [0.25, 0.3) is 0 Å². The molecule has 0 bridgehead atoms. The molecule has 1 aliphatic heterocycles. The molecular weight excluding hydrogens is 713 g/mol. The van der Waals surface area contributed by atoms with Gasteiger partial charge in [0.15, 0.2) is 5.96 Å². The van der Waals surface area contributed by atoms with Crippen LogP contribution in [0.2, 0.25) is 0 Å². The maximum Gasteiger partial charge on any atom is 0.247 e. The molecule has 1 aromatic carbocycles. The Labute approximate surface area is 337 Å². The van der Waals surface area contributed by atoms with E-state index < -0.39 is 36.3 Å². The smallest absolute Gasteiger partial charge is 0.247 e. The van der Waals surface area contributed by atoms with Crippen molar-refractivity contribution in [2.45, 2.75) is 103 Å². The predicted octanol–water partition coefficient (Wildman–Crippen LogP) is 2.82. The van der Waals surface area contributed by atoms with Crippen molar-refractivity contribution in [3.8, 4) is 0 Å². The van der Waals surface area contributed by atoms with Gasteiger partial charge in [-0.05, 0) is 37.3 Å². The Hall–Kier alpha value is -3.75. The summed E-state index contributed by atoms with van der Waals surface area (Å²) in [6, 6.07) is 7.48. The minimum Gasteiger partial charge on any atom is -0.379 e. The molecule has 56 heavy (non-hydrogen) atoms. The van der Waals surface area contributed by atoms with Gasteiger partial charge in [0, 0.05) is 82.6 Å². The van der Waals surface area contributed by atoms with E-state index in [2.05, 4.69) is 24.5 Å². The first-order chi connectivity index (χ1) is 26.4. The number of rotatable bonds is 21. The van der Waals surface area contributed by atoms with E-state index in [9.17, 15) is 19.2 Å². The van der Waals surface area contributed by atoms with Crippen molar-refractivity contribution in [3.05, 3.63) is 35.9 Å². The molecule has 0 radical (unpaired) electrons. The molecule has 2 rings (SSSR count). The zero-order chi connectivity index (χ0) is 42.3. The van der Waals surface area contributed by atoms with Gasteiger partial charge in [0.05, 0.1) is 36.6 Å². The number of benzene rings is 1. The molecule has 318 valence electrons. The number of carbonyl (C=O) groups is 4. The first kappa shape index (κ1) is 48.4. The van der Waals surface area contributed by atoms with Gasteiger partial charge in [0.25, 0.3) is 0 Å². The third kappa shape index (κ3) is 13.2. The number of methoxy groups -OCH3 is 2. The van der Waals surface area contributed by atoms with Crippen LogP contribution in [0, 0.1) is 17.8 Å². The number of ether oxygens (including phenoxy) is 2. The number of likely N-dealkylation sites (N-methyl/N-ethyl adjacent to an activating group) is 3. The number of aliphatic imine (C=N–C) groups is 1. The summed E-state index contributed by atoms with van der Waals surface area (Å²) in [5, 5.41) is 6.10. The molecule has 1 fully saturated rings. The molecule has 14 heteroatoms. The fourth-order valence-corrected chi connectivity index (χ4v) is 7.77. The number of amides is 4. The Balaban J connectivity index is 2.34. The van der Waals surface area contributed by atoms with Gasteiger partial charge in [-0.25, -0.2) is 4.99 Å². The van der Waals surface area contributed by atoms with Crippen LogP contribution in [0.4, 0.5) is 0 Å². The van der Waals surface area contributed by atoms with Gasteiger partial charge in [0.1, 0.15) is 12.1 Å². The maximum absolute atomic E-state index is 14.3. The van der Waals surface area contributed by atoms with Crippen LogP contribution < -0.4 is 10.6 Å². The molecule has 4 amide bonds.